The van der Waals surface area contributed by atoms with Crippen molar-refractivity contribution in [2.45, 2.75) is 112 Å². The van der Waals surface area contributed by atoms with E-state index >= 15 is 0 Å². The van der Waals surface area contributed by atoms with Crippen LogP contribution in [0, 0.1) is 23.7 Å². The Morgan fingerprint density at radius 1 is 0.511 bits per heavy atom. The summed E-state index contributed by atoms with van der Waals surface area (Å²) in [7, 11) is 10.9. The third-order valence-electron chi connectivity index (χ3n) is 21.9. The van der Waals surface area contributed by atoms with Gasteiger partial charge in [0.2, 0.25) is 0 Å². The number of rotatable bonds is 11. The molecule has 5 aliphatic heterocycles. The van der Waals surface area contributed by atoms with Crippen molar-refractivity contribution < 1.29 is 24.5 Å². The van der Waals surface area contributed by atoms with Crippen molar-refractivity contribution in [2.75, 3.05) is 118 Å². The van der Waals surface area contributed by atoms with Crippen molar-refractivity contribution in [1.29, 1.82) is 0 Å². The number of hydrogen-bond acceptors (Lipinski definition) is 11. The lowest BCUT2D eigenvalue weighted by molar-refractivity contribution is -0.105. The van der Waals surface area contributed by atoms with Crippen molar-refractivity contribution in [1.82, 2.24) is 39.5 Å². The summed E-state index contributed by atoms with van der Waals surface area (Å²) < 4.78 is 10.3. The number of aliphatic hydroxyl groups is 2. The highest BCUT2D eigenvalue weighted by Gasteiger charge is 2.43. The highest BCUT2D eigenvalue weighted by atomic mass is 32.2. The number of ether oxygens (including phenoxy) is 2. The van der Waals surface area contributed by atoms with Gasteiger partial charge in [0, 0.05) is 181 Å². The van der Waals surface area contributed by atoms with E-state index in [-0.39, 0.29) is 0 Å². The molecule has 5 saturated heterocycles. The number of aliphatic hydroxyl groups excluding tert-OH is 2. The third kappa shape index (κ3) is 12.6. The van der Waals surface area contributed by atoms with E-state index in [2.05, 4.69) is 165 Å². The van der Waals surface area contributed by atoms with Crippen LogP contribution in [0.1, 0.15) is 107 Å². The number of likely N-dealkylation sites (tertiary alicyclic amines) is 4. The molecule has 4 aromatic carbocycles. The largest absolute Gasteiger partial charge is 0.396 e. The molecule has 9 heterocycles. The summed E-state index contributed by atoms with van der Waals surface area (Å²) in [6, 6.07) is 29.3. The smallest absolute Gasteiger partial charge is 0.129 e. The van der Waals surface area contributed by atoms with Gasteiger partial charge in [-0.1, -0.05) is 48.5 Å². The number of carbonyl (C=O) groups excluding carboxylic acids is 1. The predicted molar refractivity (Wildman–Crippen MR) is 364 cm³/mol. The quantitative estimate of drug-likeness (QED) is 0.0542. The molecule has 0 radical (unpaired) electrons. The van der Waals surface area contributed by atoms with Crippen molar-refractivity contribution in [3.8, 4) is 0 Å². The van der Waals surface area contributed by atoms with Crippen LogP contribution in [0.2, 0.25) is 0 Å². The van der Waals surface area contributed by atoms with Crippen LogP contribution in [0.4, 0.5) is 0 Å². The fraction of sp³-hybridized carbons (Fsp3) is 0.548. The van der Waals surface area contributed by atoms with Crippen molar-refractivity contribution in [3.63, 3.8) is 0 Å². The van der Waals surface area contributed by atoms with Crippen LogP contribution in [0.5, 0.6) is 0 Å². The number of likely N-dealkylation sites (N-methyl/N-ethyl adjacent to an activating group) is 4. The average molecular weight is 1230 g/mol. The van der Waals surface area contributed by atoms with E-state index < -0.39 is 0 Å². The van der Waals surface area contributed by atoms with Crippen molar-refractivity contribution in [3.05, 3.63) is 142 Å². The zero-order chi connectivity index (χ0) is 60.4. The Hall–Kier alpha value is -4.91. The second-order valence-corrected chi connectivity index (χ2v) is 29.7. The first-order chi connectivity index (χ1) is 43.1. The predicted octanol–water partition coefficient (Wildman–Crippen LogP) is 11.6. The molecule has 5 fully saturated rings. The average Bonchev–Trinajstić information content (AvgIpc) is 2.83. The zero-order valence-corrected chi connectivity index (χ0v) is 54.4. The summed E-state index contributed by atoms with van der Waals surface area (Å²) in [5.41, 5.74) is 17.2. The van der Waals surface area contributed by atoms with Crippen LogP contribution in [0.3, 0.4) is 0 Å². The van der Waals surface area contributed by atoms with E-state index in [1.54, 1.807) is 22.9 Å². The number of aromatic nitrogens is 4. The number of piperidine rings is 4. The molecule has 15 heteroatoms. The molecule has 17 rings (SSSR count). The number of nitrogens with zero attached hydrogens (tertiary/aromatic N) is 4. The molecular weight excluding hydrogens is 1130 g/mol. The van der Waals surface area contributed by atoms with Crippen molar-refractivity contribution in [2.24, 2.45) is 23.7 Å². The van der Waals surface area contributed by atoms with Crippen LogP contribution in [-0.4, -0.2) is 198 Å². The van der Waals surface area contributed by atoms with Gasteiger partial charge in [-0.15, -0.1) is 0 Å². The van der Waals surface area contributed by atoms with Gasteiger partial charge in [-0.05, 0) is 196 Å². The summed E-state index contributed by atoms with van der Waals surface area (Å²) in [6.07, 6.45) is 21.9. The maximum atomic E-state index is 10.5. The number of carbonyl (C=O) groups is 1. The number of aldehydes is 1. The first kappa shape index (κ1) is 61.9. The molecule has 4 aliphatic carbocycles. The van der Waals surface area contributed by atoms with Crippen LogP contribution in [-0.2, 0) is 40.0 Å². The molecule has 470 valence electrons. The highest BCUT2D eigenvalue weighted by molar-refractivity contribution is 7.99. The maximum Gasteiger partial charge on any atom is 0.129 e. The molecule has 8 aromatic rings. The number of benzene rings is 4. The van der Waals surface area contributed by atoms with E-state index in [9.17, 15) is 9.90 Å². The molecule has 0 spiro atoms. The van der Waals surface area contributed by atoms with E-state index in [4.69, 9.17) is 14.6 Å². The topological polar surface area (TPSA) is 152 Å². The normalized spacial score (nSPS) is 28.6. The maximum absolute atomic E-state index is 10.5. The summed E-state index contributed by atoms with van der Waals surface area (Å²) in [4.78, 5) is 34.4. The monoisotopic (exact) mass is 1230 g/mol. The van der Waals surface area contributed by atoms with E-state index in [1.807, 2.05) is 18.9 Å². The molecule has 0 amide bonds. The van der Waals surface area contributed by atoms with E-state index in [0.717, 1.165) is 82.4 Å². The Kier molecular flexibility index (Phi) is 19.6. The Labute approximate surface area is 529 Å². The van der Waals surface area contributed by atoms with Crippen LogP contribution >= 0.6 is 23.5 Å². The molecule has 13 nitrogen and oxygen atoms in total. The van der Waals surface area contributed by atoms with Gasteiger partial charge in [-0.3, -0.25) is 0 Å². The van der Waals surface area contributed by atoms with Crippen LogP contribution < -0.4 is 0 Å². The van der Waals surface area contributed by atoms with Gasteiger partial charge in [0.1, 0.15) is 6.29 Å². The van der Waals surface area contributed by atoms with Crippen LogP contribution in [0.15, 0.2) is 97.6 Å². The molecule has 6 N–H and O–H groups in total. The Balaban J connectivity index is 0.000000105. The summed E-state index contributed by atoms with van der Waals surface area (Å²) >= 11 is 3.68. The Bertz CT molecular complexity index is 3620. The first-order valence-corrected chi connectivity index (χ1v) is 35.5. The number of methoxy groups -OCH3 is 1. The fourth-order valence-electron chi connectivity index (χ4n) is 18.1. The lowest BCUT2D eigenvalue weighted by Gasteiger charge is -2.45. The van der Waals surface area contributed by atoms with E-state index in [0.29, 0.717) is 84.6 Å². The summed E-state index contributed by atoms with van der Waals surface area (Å²) in [6.45, 7) is 8.01. The zero-order valence-electron chi connectivity index (χ0n) is 52.7. The van der Waals surface area contributed by atoms with Gasteiger partial charge in [0.15, 0.2) is 0 Å². The van der Waals surface area contributed by atoms with Gasteiger partial charge in [0.05, 0.1) is 13.2 Å². The Morgan fingerprint density at radius 3 is 1.20 bits per heavy atom. The molecule has 12 atom stereocenters. The Morgan fingerprint density at radius 2 is 0.864 bits per heavy atom. The number of thioether (sulfide) groups is 2. The molecule has 9 aliphatic rings. The van der Waals surface area contributed by atoms with Gasteiger partial charge < -0.3 is 64.0 Å². The molecule has 0 bridgehead atoms. The molecule has 0 saturated carbocycles. The van der Waals surface area contributed by atoms with Crippen LogP contribution in [0.25, 0.3) is 43.6 Å². The number of fused-ring (bicyclic) bond motifs is 8. The summed E-state index contributed by atoms with van der Waals surface area (Å²) in [5.74, 6) is 8.78. The van der Waals surface area contributed by atoms with Gasteiger partial charge >= 0.3 is 0 Å². The molecule has 88 heavy (non-hydrogen) atoms. The standard InChI is InChI=1S/C18H24N2OS.C18H22N2OS.C17H22N2O.C16H20N2O.C4H8O/c2*1-20-10-12(11-22-6-5-21)7-15-14-3-2-4-16-18(14)13(9-19-16)8-17(15)20;1-19-9-11(10-20-2)6-14-13-4-3-5-15-17(13)12(8-18-15)7-16(14)19;1-18-8-10(9-19)5-13-12-3-2-4-14-16(12)11(7-17-14)6-15(13)18;1-2-4-5-3-1/h2-4,9,12,15,17,19,21H,5-8,10-11H2,1H3;2-5,9,12,15,17,19H,6-8,10-11H2,1H3;3-5,8,11,14,16,18H,6-7,9-10H2,1-2H3;2-4,7,10,13,15,17,19H,5-6,8-9H2,1H3;1-4H2/t2*12-,15-,17-;11-,14-,16-;10-,13-,15-;/m1111./s1. The first-order valence-electron chi connectivity index (χ1n) is 33.1. The number of aromatic amines is 4. The lowest BCUT2D eigenvalue weighted by Crippen LogP contribution is -2.48. The lowest BCUT2D eigenvalue weighted by atomic mass is 9.72. The minimum absolute atomic E-state index is 0.297. The summed E-state index contributed by atoms with van der Waals surface area (Å²) in [5, 5.41) is 24.4. The SMILES string of the molecule is C1CCOC1.CN1C[C@H](CO)C[C@@H]2c3cccc4[nH]cc(c34)C[C@H]21.CN1C[C@H](CSCC=O)C[C@@H]2c3cccc4[nH]cc(c34)C[C@H]21.CN1C[C@H](CSCCO)C[C@@H]2c3cccc4[nH]cc(c34)C[C@H]21.COC[C@@H]1C[C@@H]2c3cccc4[nH]cc(c34)C[C@H]2N(C)C1. The van der Waals surface area contributed by atoms with Crippen molar-refractivity contribution >= 4 is 73.4 Å². The third-order valence-corrected chi connectivity index (χ3v) is 24.1. The second kappa shape index (κ2) is 27.9. The molecule has 4 aromatic heterocycles. The van der Waals surface area contributed by atoms with Gasteiger partial charge in [0.25, 0.3) is 0 Å². The molecule has 0 unspecified atom stereocenters. The molecular formula is C73H96N8O5S2. The number of nitrogens with one attached hydrogen (secondary N) is 4. The minimum Gasteiger partial charge on any atom is -0.396 e. The number of H-pyrrole nitrogens is 4. The second-order valence-electron chi connectivity index (χ2n) is 27.5. The van der Waals surface area contributed by atoms with Gasteiger partial charge in [-0.25, -0.2) is 0 Å². The minimum atomic E-state index is 0.297. The highest BCUT2D eigenvalue weighted by Crippen LogP contribution is 2.49. The van der Waals surface area contributed by atoms with E-state index in [1.165, 1.54) is 134 Å². The van der Waals surface area contributed by atoms with Gasteiger partial charge in [-0.2, -0.15) is 23.5 Å². The number of hydrogen-bond donors (Lipinski definition) is 6. The fourth-order valence-corrected chi connectivity index (χ4v) is 19.7.